The lowest BCUT2D eigenvalue weighted by molar-refractivity contribution is 0.0950. The number of rotatable bonds is 9. The molecule has 0 atom stereocenters. The molecule has 1 amide bonds. The molecule has 158 valence electrons. The fraction of sp³-hybridized carbons (Fsp3) is 0.350. The van der Waals surface area contributed by atoms with E-state index < -0.39 is 15.9 Å². The van der Waals surface area contributed by atoms with Gasteiger partial charge in [0.2, 0.25) is 10.0 Å². The van der Waals surface area contributed by atoms with Crippen molar-refractivity contribution in [2.24, 2.45) is 0 Å². The summed E-state index contributed by atoms with van der Waals surface area (Å²) in [5.74, 6) is 0.857. The normalized spacial score (nSPS) is 11.2. The number of ether oxygens (including phenoxy) is 3. The molecule has 29 heavy (non-hydrogen) atoms. The summed E-state index contributed by atoms with van der Waals surface area (Å²) >= 11 is 0. The van der Waals surface area contributed by atoms with Crippen LogP contribution in [0.1, 0.15) is 29.8 Å². The number of amides is 1. The molecule has 2 aromatic rings. The average Bonchev–Trinajstić information content (AvgIpc) is 2.70. The van der Waals surface area contributed by atoms with E-state index in [1.54, 1.807) is 32.0 Å². The summed E-state index contributed by atoms with van der Waals surface area (Å²) in [6, 6.07) is 9.25. The molecule has 0 aromatic heterocycles. The van der Waals surface area contributed by atoms with Crippen molar-refractivity contribution in [1.29, 1.82) is 0 Å². The Kier molecular flexibility index (Phi) is 7.46. The topological polar surface area (TPSA) is 103 Å². The van der Waals surface area contributed by atoms with E-state index >= 15 is 0 Å². The number of hydrogen-bond donors (Lipinski definition) is 2. The summed E-state index contributed by atoms with van der Waals surface area (Å²) in [5, 5.41) is 2.77. The molecule has 0 aliphatic carbocycles. The van der Waals surface area contributed by atoms with Crippen molar-refractivity contribution in [3.63, 3.8) is 0 Å². The van der Waals surface area contributed by atoms with Crippen LogP contribution in [0.2, 0.25) is 0 Å². The lowest BCUT2D eigenvalue weighted by Gasteiger charge is -2.15. The van der Waals surface area contributed by atoms with E-state index in [9.17, 15) is 13.2 Å². The van der Waals surface area contributed by atoms with Crippen molar-refractivity contribution in [3.8, 4) is 17.2 Å². The van der Waals surface area contributed by atoms with Crippen LogP contribution < -0.4 is 24.2 Å². The third kappa shape index (κ3) is 5.39. The first-order valence-electron chi connectivity index (χ1n) is 8.92. The van der Waals surface area contributed by atoms with Gasteiger partial charge in [0, 0.05) is 11.6 Å². The first-order chi connectivity index (χ1) is 13.7. The van der Waals surface area contributed by atoms with Crippen molar-refractivity contribution in [3.05, 3.63) is 47.5 Å². The standard InChI is InChI=1S/C20H26N2O6S/c1-13(2)22-29(24,25)19-11-14(9-10-18(19)28-5)20(23)21-12-15-16(26-3)7-6-8-17(15)27-4/h6-11,13,22H,12H2,1-5H3,(H,21,23). The Bertz CT molecular complexity index is 951. The van der Waals surface area contributed by atoms with Gasteiger partial charge in [0.05, 0.1) is 33.4 Å². The van der Waals surface area contributed by atoms with E-state index in [4.69, 9.17) is 14.2 Å². The van der Waals surface area contributed by atoms with Crippen LogP contribution in [0.3, 0.4) is 0 Å². The molecule has 0 saturated carbocycles. The van der Waals surface area contributed by atoms with Crippen molar-refractivity contribution in [2.75, 3.05) is 21.3 Å². The van der Waals surface area contributed by atoms with Gasteiger partial charge in [0.15, 0.2) is 0 Å². The number of sulfonamides is 1. The molecule has 0 unspecified atom stereocenters. The van der Waals surface area contributed by atoms with E-state index in [-0.39, 0.29) is 28.8 Å². The van der Waals surface area contributed by atoms with Crippen molar-refractivity contribution >= 4 is 15.9 Å². The largest absolute Gasteiger partial charge is 0.496 e. The minimum absolute atomic E-state index is 0.101. The number of benzene rings is 2. The highest BCUT2D eigenvalue weighted by molar-refractivity contribution is 7.89. The quantitative estimate of drug-likeness (QED) is 0.643. The van der Waals surface area contributed by atoms with Gasteiger partial charge in [-0.2, -0.15) is 0 Å². The maximum Gasteiger partial charge on any atom is 0.251 e. The van der Waals surface area contributed by atoms with Crippen LogP contribution in [-0.2, 0) is 16.6 Å². The van der Waals surface area contributed by atoms with Crippen LogP contribution in [0.4, 0.5) is 0 Å². The number of methoxy groups -OCH3 is 3. The van der Waals surface area contributed by atoms with Crippen molar-refractivity contribution in [1.82, 2.24) is 10.0 Å². The Morgan fingerprint density at radius 2 is 1.55 bits per heavy atom. The summed E-state index contributed by atoms with van der Waals surface area (Å²) in [6.07, 6.45) is 0. The fourth-order valence-electron chi connectivity index (χ4n) is 2.77. The molecule has 0 aliphatic rings. The van der Waals surface area contributed by atoms with Crippen LogP contribution in [-0.4, -0.2) is 41.7 Å². The second kappa shape index (κ2) is 9.62. The smallest absolute Gasteiger partial charge is 0.251 e. The summed E-state index contributed by atoms with van der Waals surface area (Å²) in [7, 11) is 0.591. The zero-order chi connectivity index (χ0) is 21.6. The molecule has 9 heteroatoms. The van der Waals surface area contributed by atoms with Gasteiger partial charge >= 0.3 is 0 Å². The number of hydrogen-bond acceptors (Lipinski definition) is 6. The highest BCUT2D eigenvalue weighted by Gasteiger charge is 2.22. The molecule has 0 aliphatic heterocycles. The lowest BCUT2D eigenvalue weighted by atomic mass is 10.1. The fourth-order valence-corrected chi connectivity index (χ4v) is 4.22. The molecule has 2 rings (SSSR count). The molecular weight excluding hydrogens is 396 g/mol. The van der Waals surface area contributed by atoms with Crippen LogP contribution in [0, 0.1) is 0 Å². The molecule has 8 nitrogen and oxygen atoms in total. The second-order valence-electron chi connectivity index (χ2n) is 6.47. The SMILES string of the molecule is COc1ccc(C(=O)NCc2c(OC)cccc2OC)cc1S(=O)(=O)NC(C)C. The highest BCUT2D eigenvalue weighted by Crippen LogP contribution is 2.28. The summed E-state index contributed by atoms with van der Waals surface area (Å²) in [6.45, 7) is 3.56. The zero-order valence-electron chi connectivity index (χ0n) is 17.1. The average molecular weight is 423 g/mol. The maximum atomic E-state index is 12.7. The summed E-state index contributed by atoms with van der Waals surface area (Å²) < 4.78 is 43.5. The summed E-state index contributed by atoms with van der Waals surface area (Å²) in [4.78, 5) is 12.6. The van der Waals surface area contributed by atoms with Gasteiger partial charge in [-0.3, -0.25) is 4.79 Å². The minimum atomic E-state index is -3.84. The minimum Gasteiger partial charge on any atom is -0.496 e. The van der Waals surface area contributed by atoms with E-state index in [0.29, 0.717) is 17.1 Å². The number of nitrogens with one attached hydrogen (secondary N) is 2. The van der Waals surface area contributed by atoms with Gasteiger partial charge in [-0.05, 0) is 44.2 Å². The highest BCUT2D eigenvalue weighted by atomic mass is 32.2. The lowest BCUT2D eigenvalue weighted by Crippen LogP contribution is -2.31. The van der Waals surface area contributed by atoms with Gasteiger partial charge in [-0.25, -0.2) is 13.1 Å². The monoisotopic (exact) mass is 422 g/mol. The van der Waals surface area contributed by atoms with Gasteiger partial charge < -0.3 is 19.5 Å². The van der Waals surface area contributed by atoms with Crippen molar-refractivity contribution in [2.45, 2.75) is 31.3 Å². The van der Waals surface area contributed by atoms with Gasteiger partial charge in [0.1, 0.15) is 22.1 Å². The first kappa shape index (κ1) is 22.5. The molecule has 0 bridgehead atoms. The van der Waals surface area contributed by atoms with Crippen LogP contribution in [0.25, 0.3) is 0 Å². The Balaban J connectivity index is 2.30. The number of carbonyl (C=O) groups excluding carboxylic acids is 1. The molecule has 0 spiro atoms. The third-order valence-electron chi connectivity index (χ3n) is 4.06. The van der Waals surface area contributed by atoms with Gasteiger partial charge in [-0.1, -0.05) is 6.07 Å². The molecule has 2 N–H and O–H groups in total. The Morgan fingerprint density at radius 1 is 0.966 bits per heavy atom. The predicted molar refractivity (Wildman–Crippen MR) is 109 cm³/mol. The third-order valence-corrected chi connectivity index (χ3v) is 5.74. The predicted octanol–water partition coefficient (Wildman–Crippen LogP) is 2.33. The molecular formula is C20H26N2O6S. The molecule has 0 heterocycles. The molecule has 0 radical (unpaired) electrons. The van der Waals surface area contributed by atoms with E-state index in [2.05, 4.69) is 10.0 Å². The van der Waals surface area contributed by atoms with Crippen molar-refractivity contribution < 1.29 is 27.4 Å². The number of carbonyl (C=O) groups is 1. The maximum absolute atomic E-state index is 12.7. The van der Waals surface area contributed by atoms with E-state index in [1.807, 2.05) is 0 Å². The van der Waals surface area contributed by atoms with Crippen LogP contribution >= 0.6 is 0 Å². The Hall–Kier alpha value is -2.78. The van der Waals surface area contributed by atoms with Crippen LogP contribution in [0.5, 0.6) is 17.2 Å². The van der Waals surface area contributed by atoms with Crippen LogP contribution in [0.15, 0.2) is 41.3 Å². The summed E-state index contributed by atoms with van der Waals surface area (Å²) in [5.41, 5.74) is 0.859. The molecule has 0 fully saturated rings. The van der Waals surface area contributed by atoms with Gasteiger partial charge in [0.25, 0.3) is 5.91 Å². The first-order valence-corrected chi connectivity index (χ1v) is 10.4. The van der Waals surface area contributed by atoms with Gasteiger partial charge in [-0.15, -0.1) is 0 Å². The molecule has 0 saturated heterocycles. The van der Waals surface area contributed by atoms with E-state index in [0.717, 1.165) is 0 Å². The van der Waals surface area contributed by atoms with E-state index in [1.165, 1.54) is 39.5 Å². The molecule has 2 aromatic carbocycles. The zero-order valence-corrected chi connectivity index (χ0v) is 17.9. The second-order valence-corrected chi connectivity index (χ2v) is 8.15. The Morgan fingerprint density at radius 3 is 2.07 bits per heavy atom. The Labute approximate surface area is 171 Å².